The van der Waals surface area contributed by atoms with E-state index in [1.54, 1.807) is 43.5 Å². The normalized spacial score (nSPS) is 10.7. The molecule has 0 saturated carbocycles. The second kappa shape index (κ2) is 5.96. The van der Waals surface area contributed by atoms with E-state index in [1.165, 1.54) is 7.11 Å². The van der Waals surface area contributed by atoms with Gasteiger partial charge in [-0.3, -0.25) is 4.79 Å². The van der Waals surface area contributed by atoms with Crippen LogP contribution in [-0.2, 0) is 0 Å². The Morgan fingerprint density at radius 2 is 1.78 bits per heavy atom. The van der Waals surface area contributed by atoms with Crippen molar-refractivity contribution in [3.8, 4) is 22.6 Å². The Labute approximate surface area is 140 Å². The van der Waals surface area contributed by atoms with Gasteiger partial charge in [0.05, 0.1) is 25.2 Å². The Hall–Kier alpha value is -2.47. The fourth-order valence-corrected chi connectivity index (χ4v) is 2.81. The average molecular weight is 376 g/mol. The molecule has 0 fully saturated rings. The molecule has 0 amide bonds. The molecule has 118 valence electrons. The van der Waals surface area contributed by atoms with Crippen molar-refractivity contribution in [2.24, 2.45) is 0 Å². The van der Waals surface area contributed by atoms with Crippen molar-refractivity contribution in [3.05, 3.63) is 51.1 Å². The highest BCUT2D eigenvalue weighted by Crippen LogP contribution is 2.34. The van der Waals surface area contributed by atoms with Crippen LogP contribution in [0.4, 0.5) is 5.88 Å². The summed E-state index contributed by atoms with van der Waals surface area (Å²) < 4.78 is 16.9. The van der Waals surface area contributed by atoms with Gasteiger partial charge in [0.1, 0.15) is 5.58 Å². The zero-order chi connectivity index (χ0) is 16.6. The van der Waals surface area contributed by atoms with E-state index in [2.05, 4.69) is 15.9 Å². The third-order valence-electron chi connectivity index (χ3n) is 3.55. The molecular formula is C17H14BrNO4. The highest BCUT2D eigenvalue weighted by molar-refractivity contribution is 9.10. The molecule has 0 spiro atoms. The fourth-order valence-electron chi connectivity index (χ4n) is 2.45. The van der Waals surface area contributed by atoms with Crippen LogP contribution in [0.15, 0.2) is 50.1 Å². The summed E-state index contributed by atoms with van der Waals surface area (Å²) in [6.45, 7) is 0. The summed E-state index contributed by atoms with van der Waals surface area (Å²) in [6, 6.07) is 10.4. The van der Waals surface area contributed by atoms with Gasteiger partial charge in [0.15, 0.2) is 11.5 Å². The molecule has 0 saturated heterocycles. The first-order valence-corrected chi connectivity index (χ1v) is 7.58. The van der Waals surface area contributed by atoms with Gasteiger partial charge >= 0.3 is 0 Å². The zero-order valence-electron chi connectivity index (χ0n) is 12.6. The van der Waals surface area contributed by atoms with Crippen LogP contribution in [0.25, 0.3) is 22.1 Å². The molecule has 0 unspecified atom stereocenters. The Bertz CT molecular complexity index is 949. The van der Waals surface area contributed by atoms with E-state index in [4.69, 9.17) is 19.6 Å². The highest BCUT2D eigenvalue weighted by atomic mass is 79.9. The number of nitrogen functional groups attached to an aromatic ring is 1. The monoisotopic (exact) mass is 375 g/mol. The maximum atomic E-state index is 12.8. The summed E-state index contributed by atoms with van der Waals surface area (Å²) in [4.78, 5) is 12.8. The Kier molecular flexibility index (Phi) is 4.00. The van der Waals surface area contributed by atoms with Gasteiger partial charge in [-0.25, -0.2) is 0 Å². The van der Waals surface area contributed by atoms with Crippen LogP contribution in [0.1, 0.15) is 0 Å². The maximum absolute atomic E-state index is 12.8. The van der Waals surface area contributed by atoms with Crippen LogP contribution in [-0.4, -0.2) is 14.2 Å². The molecule has 0 aliphatic heterocycles. The first-order valence-electron chi connectivity index (χ1n) is 6.79. The summed E-state index contributed by atoms with van der Waals surface area (Å²) in [7, 11) is 3.08. The lowest BCUT2D eigenvalue weighted by Gasteiger charge is -2.11. The Balaban J connectivity index is 2.30. The van der Waals surface area contributed by atoms with E-state index in [-0.39, 0.29) is 11.3 Å². The number of halogens is 1. The molecule has 0 bridgehead atoms. The van der Waals surface area contributed by atoms with Gasteiger partial charge in [0, 0.05) is 4.47 Å². The van der Waals surface area contributed by atoms with Gasteiger partial charge in [0.25, 0.3) is 0 Å². The van der Waals surface area contributed by atoms with Crippen molar-refractivity contribution in [3.63, 3.8) is 0 Å². The molecule has 0 atom stereocenters. The number of rotatable bonds is 3. The van der Waals surface area contributed by atoms with Crippen LogP contribution >= 0.6 is 15.9 Å². The van der Waals surface area contributed by atoms with Crippen LogP contribution in [0, 0.1) is 0 Å². The lowest BCUT2D eigenvalue weighted by Crippen LogP contribution is -2.09. The highest BCUT2D eigenvalue weighted by Gasteiger charge is 2.16. The molecule has 0 aliphatic rings. The molecule has 1 heterocycles. The third kappa shape index (κ3) is 2.66. The number of hydrogen-bond acceptors (Lipinski definition) is 5. The van der Waals surface area contributed by atoms with Gasteiger partial charge in [0.2, 0.25) is 11.3 Å². The van der Waals surface area contributed by atoms with Gasteiger partial charge in [-0.05, 0) is 35.9 Å². The van der Waals surface area contributed by atoms with E-state index in [1.807, 2.05) is 0 Å². The standard InChI is InChI=1S/C17H14BrNO4/c1-21-13-5-3-9(7-14(13)22-2)15-16(20)11-8-10(18)4-6-12(11)23-17(15)19/h3-8H,19H2,1-2H3. The van der Waals surface area contributed by atoms with Crippen LogP contribution in [0.5, 0.6) is 11.5 Å². The van der Waals surface area contributed by atoms with Gasteiger partial charge in [-0.15, -0.1) is 0 Å². The first-order chi connectivity index (χ1) is 11.0. The van der Waals surface area contributed by atoms with Crippen molar-refractivity contribution in [1.82, 2.24) is 0 Å². The quantitative estimate of drug-likeness (QED) is 0.752. The third-order valence-corrected chi connectivity index (χ3v) is 4.05. The largest absolute Gasteiger partial charge is 0.493 e. The van der Waals surface area contributed by atoms with Crippen molar-refractivity contribution >= 4 is 32.8 Å². The van der Waals surface area contributed by atoms with Crippen LogP contribution < -0.4 is 20.6 Å². The molecule has 5 nitrogen and oxygen atoms in total. The molecule has 0 radical (unpaired) electrons. The number of ether oxygens (including phenoxy) is 2. The number of methoxy groups -OCH3 is 2. The number of hydrogen-bond donors (Lipinski definition) is 1. The average Bonchev–Trinajstić information content (AvgIpc) is 2.55. The van der Waals surface area contributed by atoms with Crippen molar-refractivity contribution in [2.45, 2.75) is 0 Å². The van der Waals surface area contributed by atoms with Crippen molar-refractivity contribution < 1.29 is 13.9 Å². The summed E-state index contributed by atoms with van der Waals surface area (Å²) >= 11 is 3.36. The van der Waals surface area contributed by atoms with E-state index in [0.717, 1.165) is 4.47 Å². The van der Waals surface area contributed by atoms with E-state index in [0.29, 0.717) is 33.6 Å². The minimum absolute atomic E-state index is 0.0667. The summed E-state index contributed by atoms with van der Waals surface area (Å²) in [5.41, 5.74) is 7.13. The molecule has 3 aromatic rings. The minimum Gasteiger partial charge on any atom is -0.493 e. The molecule has 2 N–H and O–H groups in total. The SMILES string of the molecule is COc1ccc(-c2c(N)oc3ccc(Br)cc3c2=O)cc1OC. The second-order valence-electron chi connectivity index (χ2n) is 4.88. The van der Waals surface area contributed by atoms with Gasteiger partial charge in [-0.1, -0.05) is 22.0 Å². The predicted octanol–water partition coefficient (Wildman–Crippen LogP) is 3.82. The predicted molar refractivity (Wildman–Crippen MR) is 93.1 cm³/mol. The molecule has 1 aromatic heterocycles. The lowest BCUT2D eigenvalue weighted by atomic mass is 10.0. The van der Waals surface area contributed by atoms with Gasteiger partial charge < -0.3 is 19.6 Å². The number of nitrogens with two attached hydrogens (primary N) is 1. The fraction of sp³-hybridized carbons (Fsp3) is 0.118. The van der Waals surface area contributed by atoms with E-state index >= 15 is 0 Å². The van der Waals surface area contributed by atoms with Crippen molar-refractivity contribution in [2.75, 3.05) is 20.0 Å². The molecule has 3 rings (SSSR count). The summed E-state index contributed by atoms with van der Waals surface area (Å²) in [5.74, 6) is 1.15. The van der Waals surface area contributed by atoms with E-state index in [9.17, 15) is 4.79 Å². The number of anilines is 1. The Morgan fingerprint density at radius 3 is 2.48 bits per heavy atom. The maximum Gasteiger partial charge on any atom is 0.202 e. The molecule has 0 aliphatic carbocycles. The summed E-state index contributed by atoms with van der Waals surface area (Å²) in [6.07, 6.45) is 0. The minimum atomic E-state index is -0.197. The summed E-state index contributed by atoms with van der Waals surface area (Å²) in [5, 5.41) is 0.457. The van der Waals surface area contributed by atoms with Gasteiger partial charge in [-0.2, -0.15) is 0 Å². The number of benzene rings is 2. The molecule has 23 heavy (non-hydrogen) atoms. The van der Waals surface area contributed by atoms with E-state index < -0.39 is 0 Å². The first kappa shape index (κ1) is 15.4. The molecular weight excluding hydrogens is 362 g/mol. The topological polar surface area (TPSA) is 74.7 Å². The van der Waals surface area contributed by atoms with Crippen molar-refractivity contribution in [1.29, 1.82) is 0 Å². The lowest BCUT2D eigenvalue weighted by molar-refractivity contribution is 0.355. The molecule has 6 heteroatoms. The zero-order valence-corrected chi connectivity index (χ0v) is 14.1. The van der Waals surface area contributed by atoms with Crippen LogP contribution in [0.3, 0.4) is 0 Å². The van der Waals surface area contributed by atoms with Crippen LogP contribution in [0.2, 0.25) is 0 Å². The smallest absolute Gasteiger partial charge is 0.202 e. The molecule has 2 aromatic carbocycles. The second-order valence-corrected chi connectivity index (χ2v) is 5.80. The Morgan fingerprint density at radius 1 is 1.04 bits per heavy atom. The number of fused-ring (bicyclic) bond motifs is 1.